The van der Waals surface area contributed by atoms with E-state index in [4.69, 9.17) is 11.6 Å². The standard InChI is InChI=1S/C39H49ClN4O2/c1-4-23-43(24-5-2)25-22-38(3)37(46)44(28-35(31-12-8-6-9-13-31)32-14-10-7-11-15-32)27-33-26-39(33,42-38)29-41-36(45)21-18-30-16-19-34(40)20-17-30/h6-21,33,35,42H,4-5,22-29H2,1-3H3,(H,41,45)/b21-18+/t33-,38+,39-/m1/s1. The van der Waals surface area contributed by atoms with E-state index in [-0.39, 0.29) is 29.2 Å². The summed E-state index contributed by atoms with van der Waals surface area (Å²) >= 11 is 6.01. The van der Waals surface area contributed by atoms with Crippen LogP contribution in [0.1, 0.15) is 69.1 Å². The Labute approximate surface area is 280 Å². The van der Waals surface area contributed by atoms with Gasteiger partial charge in [-0.25, -0.2) is 0 Å². The number of hydrogen-bond donors (Lipinski definition) is 2. The molecule has 1 aliphatic heterocycles. The van der Waals surface area contributed by atoms with Crippen LogP contribution >= 0.6 is 11.6 Å². The summed E-state index contributed by atoms with van der Waals surface area (Å²) < 4.78 is 0. The van der Waals surface area contributed by atoms with Crippen molar-refractivity contribution in [3.63, 3.8) is 0 Å². The molecule has 0 radical (unpaired) electrons. The van der Waals surface area contributed by atoms with E-state index in [9.17, 15) is 9.59 Å². The van der Waals surface area contributed by atoms with E-state index in [1.807, 2.05) is 36.4 Å². The molecule has 6 nitrogen and oxygen atoms in total. The molecule has 0 spiro atoms. The normalized spacial score (nSPS) is 22.7. The Morgan fingerprint density at radius 3 is 2.17 bits per heavy atom. The molecule has 0 bridgehead atoms. The number of benzene rings is 3. The van der Waals surface area contributed by atoms with Gasteiger partial charge in [0.25, 0.3) is 0 Å². The van der Waals surface area contributed by atoms with Gasteiger partial charge in [0.1, 0.15) is 0 Å². The van der Waals surface area contributed by atoms with Crippen LogP contribution in [-0.2, 0) is 9.59 Å². The first-order valence-electron chi connectivity index (χ1n) is 16.9. The topological polar surface area (TPSA) is 64.7 Å². The van der Waals surface area contributed by atoms with Crippen molar-refractivity contribution >= 4 is 29.5 Å². The van der Waals surface area contributed by atoms with Crippen molar-refractivity contribution in [2.75, 3.05) is 39.3 Å². The zero-order chi connectivity index (χ0) is 32.6. The Balaban J connectivity index is 1.37. The minimum atomic E-state index is -0.757. The van der Waals surface area contributed by atoms with Crippen molar-refractivity contribution in [3.05, 3.63) is 113 Å². The Kier molecular flexibility index (Phi) is 11.4. The average molecular weight is 641 g/mol. The van der Waals surface area contributed by atoms with Crippen molar-refractivity contribution in [2.24, 2.45) is 5.92 Å². The summed E-state index contributed by atoms with van der Waals surface area (Å²) in [5.74, 6) is 0.332. The fourth-order valence-corrected chi connectivity index (χ4v) is 7.18. The van der Waals surface area contributed by atoms with Crippen LogP contribution in [0.4, 0.5) is 0 Å². The molecule has 3 aromatic rings. The Bertz CT molecular complexity index is 1420. The molecule has 46 heavy (non-hydrogen) atoms. The SMILES string of the molecule is CCCN(CCC)CC[C@]1(C)N[C@@]2(CNC(=O)/C=C/c3ccc(Cl)cc3)C[C@@H]2CN(CC(c2ccccc2)c2ccccc2)C1=O. The third kappa shape index (κ3) is 8.47. The molecule has 3 aromatic carbocycles. The molecular weight excluding hydrogens is 592 g/mol. The lowest BCUT2D eigenvalue weighted by Crippen LogP contribution is -2.61. The predicted octanol–water partition coefficient (Wildman–Crippen LogP) is 6.76. The molecule has 3 atom stereocenters. The maximum absolute atomic E-state index is 14.7. The fourth-order valence-electron chi connectivity index (χ4n) is 7.06. The van der Waals surface area contributed by atoms with Crippen LogP contribution in [0.3, 0.4) is 0 Å². The largest absolute Gasteiger partial charge is 0.351 e. The van der Waals surface area contributed by atoms with Gasteiger partial charge in [0.2, 0.25) is 11.8 Å². The molecule has 2 N–H and O–H groups in total. The van der Waals surface area contributed by atoms with Gasteiger partial charge in [0, 0.05) is 48.7 Å². The highest BCUT2D eigenvalue weighted by Crippen LogP contribution is 2.48. The highest BCUT2D eigenvalue weighted by Gasteiger charge is 2.61. The van der Waals surface area contributed by atoms with Crippen LogP contribution in [0.5, 0.6) is 0 Å². The second-order valence-corrected chi connectivity index (χ2v) is 13.7. The molecule has 244 valence electrons. The maximum atomic E-state index is 14.7. The number of nitrogens with zero attached hydrogens (tertiary/aromatic N) is 2. The molecule has 1 aliphatic carbocycles. The van der Waals surface area contributed by atoms with Gasteiger partial charge in [-0.1, -0.05) is 98.2 Å². The quantitative estimate of drug-likeness (QED) is 0.180. The summed E-state index contributed by atoms with van der Waals surface area (Å²) in [5.41, 5.74) is 2.25. The summed E-state index contributed by atoms with van der Waals surface area (Å²) in [5, 5.41) is 7.70. The minimum absolute atomic E-state index is 0.0660. The van der Waals surface area contributed by atoms with Gasteiger partial charge in [-0.15, -0.1) is 0 Å². The van der Waals surface area contributed by atoms with Crippen LogP contribution in [-0.4, -0.2) is 72.0 Å². The first-order chi connectivity index (χ1) is 22.2. The van der Waals surface area contributed by atoms with Gasteiger partial charge in [0.15, 0.2) is 0 Å². The molecule has 1 saturated carbocycles. The van der Waals surface area contributed by atoms with Crippen LogP contribution in [0, 0.1) is 5.92 Å². The molecule has 2 fully saturated rings. The molecule has 2 amide bonds. The van der Waals surface area contributed by atoms with E-state index < -0.39 is 5.54 Å². The number of fused-ring (bicyclic) bond motifs is 1. The highest BCUT2D eigenvalue weighted by atomic mass is 35.5. The van der Waals surface area contributed by atoms with Crippen molar-refractivity contribution in [2.45, 2.75) is 63.5 Å². The van der Waals surface area contributed by atoms with Gasteiger partial charge >= 0.3 is 0 Å². The third-order valence-electron chi connectivity index (χ3n) is 9.65. The highest BCUT2D eigenvalue weighted by molar-refractivity contribution is 6.30. The second-order valence-electron chi connectivity index (χ2n) is 13.3. The van der Waals surface area contributed by atoms with E-state index in [0.717, 1.165) is 44.5 Å². The first-order valence-corrected chi connectivity index (χ1v) is 17.3. The summed E-state index contributed by atoms with van der Waals surface area (Å²) in [7, 11) is 0. The molecule has 1 saturated heterocycles. The summed E-state index contributed by atoms with van der Waals surface area (Å²) in [6.07, 6.45) is 7.17. The molecule has 1 heterocycles. The second kappa shape index (κ2) is 15.4. The average Bonchev–Trinajstić information content (AvgIpc) is 3.76. The summed E-state index contributed by atoms with van der Waals surface area (Å²) in [6, 6.07) is 28.5. The van der Waals surface area contributed by atoms with Crippen LogP contribution in [0.2, 0.25) is 5.02 Å². The maximum Gasteiger partial charge on any atom is 0.244 e. The van der Waals surface area contributed by atoms with Gasteiger partial charge in [-0.3, -0.25) is 14.9 Å². The molecule has 0 unspecified atom stereocenters. The zero-order valence-electron chi connectivity index (χ0n) is 27.6. The fraction of sp³-hybridized carbons (Fsp3) is 0.436. The Hall–Kier alpha value is -3.45. The number of nitrogens with one attached hydrogen (secondary N) is 2. The van der Waals surface area contributed by atoms with E-state index in [1.165, 1.54) is 11.1 Å². The van der Waals surface area contributed by atoms with Crippen molar-refractivity contribution in [1.82, 2.24) is 20.4 Å². The van der Waals surface area contributed by atoms with E-state index in [0.29, 0.717) is 31.1 Å². The van der Waals surface area contributed by atoms with Gasteiger partial charge in [-0.05, 0) is 86.5 Å². The summed E-state index contributed by atoms with van der Waals surface area (Å²) in [6.45, 7) is 11.2. The third-order valence-corrected chi connectivity index (χ3v) is 9.90. The molecule has 5 rings (SSSR count). The summed E-state index contributed by atoms with van der Waals surface area (Å²) in [4.78, 5) is 32.2. The minimum Gasteiger partial charge on any atom is -0.351 e. The molecule has 2 aliphatic rings. The lowest BCUT2D eigenvalue weighted by atomic mass is 9.89. The first kappa shape index (κ1) is 33.9. The van der Waals surface area contributed by atoms with Crippen molar-refractivity contribution < 1.29 is 9.59 Å². The molecule has 7 heteroatoms. The number of hydrogen-bond acceptors (Lipinski definition) is 4. The predicted molar refractivity (Wildman–Crippen MR) is 189 cm³/mol. The smallest absolute Gasteiger partial charge is 0.244 e. The van der Waals surface area contributed by atoms with Gasteiger partial charge in [-0.2, -0.15) is 0 Å². The lowest BCUT2D eigenvalue weighted by Gasteiger charge is -2.38. The van der Waals surface area contributed by atoms with Gasteiger partial charge < -0.3 is 15.1 Å². The monoisotopic (exact) mass is 640 g/mol. The van der Waals surface area contributed by atoms with E-state index in [1.54, 1.807) is 12.2 Å². The van der Waals surface area contributed by atoms with Crippen molar-refractivity contribution in [3.8, 4) is 0 Å². The number of carbonyl (C=O) groups excluding carboxylic acids is 2. The Morgan fingerprint density at radius 2 is 1.59 bits per heavy atom. The Morgan fingerprint density at radius 1 is 0.978 bits per heavy atom. The van der Waals surface area contributed by atoms with Crippen LogP contribution < -0.4 is 10.6 Å². The lowest BCUT2D eigenvalue weighted by molar-refractivity contribution is -0.138. The number of rotatable bonds is 15. The molecule has 0 aromatic heterocycles. The van der Waals surface area contributed by atoms with Crippen LogP contribution in [0.15, 0.2) is 91.0 Å². The number of halogens is 1. The van der Waals surface area contributed by atoms with Crippen LogP contribution in [0.25, 0.3) is 6.08 Å². The van der Waals surface area contributed by atoms with Crippen molar-refractivity contribution in [1.29, 1.82) is 0 Å². The molecular formula is C39H49ClN4O2. The van der Waals surface area contributed by atoms with Gasteiger partial charge in [0.05, 0.1) is 5.54 Å². The number of amides is 2. The van der Waals surface area contributed by atoms with E-state index in [2.05, 4.69) is 89.7 Å². The zero-order valence-corrected chi connectivity index (χ0v) is 28.3. The van der Waals surface area contributed by atoms with E-state index >= 15 is 0 Å². The number of carbonyl (C=O) groups is 2.